The predicted octanol–water partition coefficient (Wildman–Crippen LogP) is 3.80. The van der Waals surface area contributed by atoms with E-state index >= 15 is 0 Å². The molecule has 25 heavy (non-hydrogen) atoms. The van der Waals surface area contributed by atoms with Crippen molar-refractivity contribution in [2.24, 2.45) is 5.92 Å². The topological polar surface area (TPSA) is 42.4 Å². The van der Waals surface area contributed by atoms with Gasteiger partial charge < -0.3 is 4.74 Å². The molecule has 0 radical (unpaired) electrons. The van der Waals surface area contributed by atoms with Crippen LogP contribution in [0.15, 0.2) is 36.4 Å². The van der Waals surface area contributed by atoms with Crippen LogP contribution in [-0.2, 0) is 6.54 Å². The molecule has 2 aromatic rings. The van der Waals surface area contributed by atoms with E-state index < -0.39 is 0 Å². The zero-order valence-corrected chi connectivity index (χ0v) is 15.3. The summed E-state index contributed by atoms with van der Waals surface area (Å²) in [5, 5.41) is 0. The molecule has 0 spiro atoms. The second-order valence-electron chi connectivity index (χ2n) is 6.89. The SMILES string of the molecule is COc1ccc(C(=O)[C@H]2CCCN(Cc3cccc(C)n3)C2)c(C)c1. The number of benzene rings is 1. The van der Waals surface area contributed by atoms with E-state index in [2.05, 4.69) is 16.0 Å². The lowest BCUT2D eigenvalue weighted by Gasteiger charge is -2.32. The van der Waals surface area contributed by atoms with Gasteiger partial charge in [0.05, 0.1) is 12.8 Å². The Morgan fingerprint density at radius 2 is 2.12 bits per heavy atom. The van der Waals surface area contributed by atoms with Crippen molar-refractivity contribution < 1.29 is 9.53 Å². The minimum absolute atomic E-state index is 0.0608. The summed E-state index contributed by atoms with van der Waals surface area (Å²) < 4.78 is 5.24. The van der Waals surface area contributed by atoms with Crippen LogP contribution >= 0.6 is 0 Å². The lowest BCUT2D eigenvalue weighted by molar-refractivity contribution is 0.0809. The molecule has 1 atom stereocenters. The third-order valence-electron chi connectivity index (χ3n) is 4.91. The number of hydrogen-bond donors (Lipinski definition) is 0. The van der Waals surface area contributed by atoms with Crippen molar-refractivity contribution in [2.45, 2.75) is 33.2 Å². The van der Waals surface area contributed by atoms with Gasteiger partial charge in [0.15, 0.2) is 5.78 Å². The number of hydrogen-bond acceptors (Lipinski definition) is 4. The molecule has 3 rings (SSSR count). The Morgan fingerprint density at radius 1 is 1.28 bits per heavy atom. The third kappa shape index (κ3) is 4.26. The molecule has 0 aliphatic carbocycles. The Balaban J connectivity index is 1.69. The van der Waals surface area contributed by atoms with Crippen LogP contribution in [0, 0.1) is 19.8 Å². The number of carbonyl (C=O) groups is 1. The molecule has 1 aliphatic heterocycles. The zero-order chi connectivity index (χ0) is 17.8. The van der Waals surface area contributed by atoms with Crippen molar-refractivity contribution in [1.82, 2.24) is 9.88 Å². The maximum absolute atomic E-state index is 13.0. The van der Waals surface area contributed by atoms with Crippen LogP contribution in [0.3, 0.4) is 0 Å². The van der Waals surface area contributed by atoms with Crippen LogP contribution in [0.1, 0.15) is 40.2 Å². The number of ketones is 1. The van der Waals surface area contributed by atoms with E-state index in [0.717, 1.165) is 60.7 Å². The molecule has 0 unspecified atom stereocenters. The van der Waals surface area contributed by atoms with Crippen LogP contribution in [0.25, 0.3) is 0 Å². The predicted molar refractivity (Wildman–Crippen MR) is 99.0 cm³/mol. The average molecular weight is 338 g/mol. The summed E-state index contributed by atoms with van der Waals surface area (Å²) in [6.45, 7) is 6.64. The largest absolute Gasteiger partial charge is 0.497 e. The third-order valence-corrected chi connectivity index (χ3v) is 4.91. The van der Waals surface area contributed by atoms with E-state index in [9.17, 15) is 4.79 Å². The van der Waals surface area contributed by atoms with Crippen LogP contribution in [0.4, 0.5) is 0 Å². The molecule has 4 heteroatoms. The Labute approximate surface area is 149 Å². The molecule has 4 nitrogen and oxygen atoms in total. The van der Waals surface area contributed by atoms with E-state index in [1.54, 1.807) is 7.11 Å². The highest BCUT2D eigenvalue weighted by molar-refractivity contribution is 5.99. The smallest absolute Gasteiger partial charge is 0.167 e. The number of nitrogens with zero attached hydrogens (tertiary/aromatic N) is 2. The second-order valence-corrected chi connectivity index (χ2v) is 6.89. The fraction of sp³-hybridized carbons (Fsp3) is 0.429. The molecule has 2 heterocycles. The Bertz CT molecular complexity index is 757. The number of aryl methyl sites for hydroxylation is 2. The first kappa shape index (κ1) is 17.6. The first-order valence-corrected chi connectivity index (χ1v) is 8.90. The van der Waals surface area contributed by atoms with E-state index in [1.165, 1.54) is 0 Å². The fourth-order valence-corrected chi connectivity index (χ4v) is 3.59. The summed E-state index contributed by atoms with van der Waals surface area (Å²) in [5.74, 6) is 1.11. The molecule has 0 bridgehead atoms. The number of likely N-dealkylation sites (tertiary alicyclic amines) is 1. The van der Waals surface area contributed by atoms with E-state index in [0.29, 0.717) is 0 Å². The van der Waals surface area contributed by atoms with Gasteiger partial charge in [0.1, 0.15) is 5.75 Å². The normalized spacial score (nSPS) is 18.1. The molecule has 1 fully saturated rings. The molecule has 1 aromatic carbocycles. The number of ether oxygens (including phenoxy) is 1. The van der Waals surface area contributed by atoms with E-state index in [4.69, 9.17) is 4.74 Å². The minimum Gasteiger partial charge on any atom is -0.497 e. The maximum atomic E-state index is 13.0. The van der Waals surface area contributed by atoms with Crippen molar-refractivity contribution in [1.29, 1.82) is 0 Å². The zero-order valence-electron chi connectivity index (χ0n) is 15.3. The summed E-state index contributed by atoms with van der Waals surface area (Å²) in [6.07, 6.45) is 2.01. The van der Waals surface area contributed by atoms with Crippen LogP contribution < -0.4 is 4.74 Å². The number of carbonyl (C=O) groups excluding carboxylic acids is 1. The van der Waals surface area contributed by atoms with Crippen molar-refractivity contribution in [3.05, 3.63) is 58.9 Å². The number of methoxy groups -OCH3 is 1. The van der Waals surface area contributed by atoms with Gasteiger partial charge in [-0.05, 0) is 69.1 Å². The second kappa shape index (κ2) is 7.79. The lowest BCUT2D eigenvalue weighted by atomic mass is 9.88. The monoisotopic (exact) mass is 338 g/mol. The Kier molecular flexibility index (Phi) is 5.49. The summed E-state index contributed by atoms with van der Waals surface area (Å²) in [5.41, 5.74) is 3.92. The van der Waals surface area contributed by atoms with Crippen molar-refractivity contribution in [2.75, 3.05) is 20.2 Å². The highest BCUT2D eigenvalue weighted by Gasteiger charge is 2.27. The average Bonchev–Trinajstić information content (AvgIpc) is 2.61. The highest BCUT2D eigenvalue weighted by atomic mass is 16.5. The van der Waals surface area contributed by atoms with Gasteiger partial charge in [0, 0.05) is 30.3 Å². The number of pyridine rings is 1. The molecular weight excluding hydrogens is 312 g/mol. The summed E-state index contributed by atoms with van der Waals surface area (Å²) in [7, 11) is 1.65. The molecule has 1 saturated heterocycles. The molecule has 0 amide bonds. The highest BCUT2D eigenvalue weighted by Crippen LogP contribution is 2.25. The first-order valence-electron chi connectivity index (χ1n) is 8.90. The molecule has 1 aromatic heterocycles. The van der Waals surface area contributed by atoms with Gasteiger partial charge in [0.25, 0.3) is 0 Å². The van der Waals surface area contributed by atoms with Gasteiger partial charge in [0.2, 0.25) is 0 Å². The molecule has 1 aliphatic rings. The van der Waals surface area contributed by atoms with Crippen LogP contribution in [0.5, 0.6) is 5.75 Å². The number of Topliss-reactive ketones (excluding diaryl/α,β-unsaturated/α-hetero) is 1. The minimum atomic E-state index is 0.0608. The van der Waals surface area contributed by atoms with Gasteiger partial charge in [-0.2, -0.15) is 0 Å². The van der Waals surface area contributed by atoms with Crippen molar-refractivity contribution in [3.8, 4) is 5.75 Å². The van der Waals surface area contributed by atoms with Crippen molar-refractivity contribution in [3.63, 3.8) is 0 Å². The number of piperidine rings is 1. The molecule has 0 N–H and O–H groups in total. The summed E-state index contributed by atoms with van der Waals surface area (Å²) in [6, 6.07) is 11.8. The van der Waals surface area contributed by atoms with E-state index in [1.807, 2.05) is 44.2 Å². The van der Waals surface area contributed by atoms with Gasteiger partial charge >= 0.3 is 0 Å². The summed E-state index contributed by atoms with van der Waals surface area (Å²) in [4.78, 5) is 19.9. The Hall–Kier alpha value is -2.20. The number of aromatic nitrogens is 1. The maximum Gasteiger partial charge on any atom is 0.167 e. The van der Waals surface area contributed by atoms with Gasteiger partial charge in [-0.1, -0.05) is 6.07 Å². The van der Waals surface area contributed by atoms with Crippen molar-refractivity contribution >= 4 is 5.78 Å². The standard InChI is InChI=1S/C21H26N2O2/c1-15-12-19(25-3)9-10-20(15)21(24)17-7-5-11-23(13-17)14-18-8-4-6-16(2)22-18/h4,6,8-10,12,17H,5,7,11,13-14H2,1-3H3/t17-/m0/s1. The van der Waals surface area contributed by atoms with Crippen LogP contribution in [-0.4, -0.2) is 35.9 Å². The van der Waals surface area contributed by atoms with E-state index in [-0.39, 0.29) is 11.7 Å². The number of rotatable bonds is 5. The van der Waals surface area contributed by atoms with Gasteiger partial charge in [-0.25, -0.2) is 0 Å². The lowest BCUT2D eigenvalue weighted by Crippen LogP contribution is -2.38. The van der Waals surface area contributed by atoms with Gasteiger partial charge in [-0.15, -0.1) is 0 Å². The first-order chi connectivity index (χ1) is 12.1. The molecular formula is C21H26N2O2. The summed E-state index contributed by atoms with van der Waals surface area (Å²) >= 11 is 0. The Morgan fingerprint density at radius 3 is 2.84 bits per heavy atom. The van der Waals surface area contributed by atoms with Crippen LogP contribution in [0.2, 0.25) is 0 Å². The molecule has 132 valence electrons. The van der Waals surface area contributed by atoms with Gasteiger partial charge in [-0.3, -0.25) is 14.7 Å². The molecule has 0 saturated carbocycles. The quantitative estimate of drug-likeness (QED) is 0.778. The fourth-order valence-electron chi connectivity index (χ4n) is 3.59.